The maximum atomic E-state index is 13.0. The second kappa shape index (κ2) is 8.91. The van der Waals surface area contributed by atoms with Crippen molar-refractivity contribution in [3.05, 3.63) is 35.0 Å². The highest BCUT2D eigenvalue weighted by Crippen LogP contribution is 2.34. The van der Waals surface area contributed by atoms with Gasteiger partial charge in [0.2, 0.25) is 11.7 Å². The van der Waals surface area contributed by atoms with E-state index in [-0.39, 0.29) is 22.6 Å². The molecular weight excluding hydrogens is 430 g/mol. The average Bonchev–Trinajstić information content (AvgIpc) is 2.95. The summed E-state index contributed by atoms with van der Waals surface area (Å²) in [6, 6.07) is 2.20. The number of benzene rings is 1. The molecule has 2 rings (SSSR count). The van der Waals surface area contributed by atoms with Gasteiger partial charge in [0.15, 0.2) is 9.84 Å². The molecule has 0 bridgehead atoms. The number of hydrogen-bond acceptors (Lipinski definition) is 8. The summed E-state index contributed by atoms with van der Waals surface area (Å²) < 4.78 is 60.2. The summed E-state index contributed by atoms with van der Waals surface area (Å²) in [5.41, 5.74) is -0.278. The quantitative estimate of drug-likeness (QED) is 0.470. The van der Waals surface area contributed by atoms with Gasteiger partial charge in [0.05, 0.1) is 6.20 Å². The molecule has 1 heterocycles. The molecule has 0 fully saturated rings. The molecule has 2 aromatic rings. The number of ether oxygens (including phenoxy) is 2. The van der Waals surface area contributed by atoms with Crippen molar-refractivity contribution < 1.29 is 36.3 Å². The number of thioether (sulfide) groups is 1. The molecule has 29 heavy (non-hydrogen) atoms. The van der Waals surface area contributed by atoms with Crippen LogP contribution in [-0.2, 0) is 16.9 Å². The van der Waals surface area contributed by atoms with Crippen molar-refractivity contribution in [3.63, 3.8) is 0 Å². The molecular formula is C17H18F2N2O6S2. The van der Waals surface area contributed by atoms with Gasteiger partial charge in [-0.15, -0.1) is 0 Å². The third kappa shape index (κ3) is 5.12. The Hall–Kier alpha value is -2.47. The fourth-order valence-corrected chi connectivity index (χ4v) is 3.74. The lowest BCUT2D eigenvalue weighted by Gasteiger charge is -2.15. The molecule has 0 aliphatic heterocycles. The summed E-state index contributed by atoms with van der Waals surface area (Å²) in [5.74, 6) is -0.972. The minimum atomic E-state index is -3.89. The third-order valence-corrected chi connectivity index (χ3v) is 5.52. The first-order chi connectivity index (χ1) is 13.5. The first kappa shape index (κ1) is 22.8. The lowest BCUT2D eigenvalue weighted by molar-refractivity contribution is -0.0522. The predicted octanol–water partition coefficient (Wildman–Crippen LogP) is 3.22. The summed E-state index contributed by atoms with van der Waals surface area (Å²) in [4.78, 5) is 24.3. The summed E-state index contributed by atoms with van der Waals surface area (Å²) in [7, 11) is -2.43. The van der Waals surface area contributed by atoms with Crippen molar-refractivity contribution in [3.8, 4) is 11.6 Å². The molecule has 0 aliphatic carbocycles. The summed E-state index contributed by atoms with van der Waals surface area (Å²) in [6.45, 7) is -0.256. The number of nitrogens with zero attached hydrogens (tertiary/aromatic N) is 2. The minimum absolute atomic E-state index is 0.0873. The first-order valence-electron chi connectivity index (χ1n) is 8.17. The number of carbonyl (C=O) groups is 2. The Balaban J connectivity index is 2.56. The molecule has 158 valence electrons. The Bertz CT molecular complexity index is 1050. The van der Waals surface area contributed by atoms with Crippen LogP contribution in [0.15, 0.2) is 23.2 Å². The molecule has 0 N–H and O–H groups in total. The maximum Gasteiger partial charge on any atom is 0.387 e. The van der Waals surface area contributed by atoms with Gasteiger partial charge in [0.25, 0.3) is 0 Å². The van der Waals surface area contributed by atoms with Crippen LogP contribution in [0.2, 0.25) is 0 Å². The monoisotopic (exact) mass is 448 g/mol. The Labute approximate surface area is 170 Å². The van der Waals surface area contributed by atoms with E-state index < -0.39 is 38.2 Å². The van der Waals surface area contributed by atoms with Crippen molar-refractivity contribution in [2.24, 2.45) is 7.05 Å². The van der Waals surface area contributed by atoms with E-state index in [0.29, 0.717) is 5.75 Å². The SMILES string of the molecule is CCSC(=O)Oc1c(C(=O)c2ccc(S(C)(=O)=O)c(OC(F)F)c2C)cnn1C. The third-order valence-electron chi connectivity index (χ3n) is 3.79. The lowest BCUT2D eigenvalue weighted by atomic mass is 10.00. The van der Waals surface area contributed by atoms with E-state index in [2.05, 4.69) is 9.84 Å². The number of carbonyl (C=O) groups excluding carboxylic acids is 2. The molecule has 0 amide bonds. The molecule has 0 spiro atoms. The molecule has 0 aliphatic rings. The molecule has 0 atom stereocenters. The highest BCUT2D eigenvalue weighted by Gasteiger charge is 2.27. The Kier molecular flexibility index (Phi) is 7.01. The van der Waals surface area contributed by atoms with Crippen molar-refractivity contribution in [1.29, 1.82) is 0 Å². The van der Waals surface area contributed by atoms with Crippen molar-refractivity contribution in [2.45, 2.75) is 25.4 Å². The van der Waals surface area contributed by atoms with Crippen LogP contribution < -0.4 is 9.47 Å². The topological polar surface area (TPSA) is 105 Å². The zero-order valence-electron chi connectivity index (χ0n) is 15.9. The van der Waals surface area contributed by atoms with Crippen LogP contribution in [0.25, 0.3) is 0 Å². The number of hydrogen-bond donors (Lipinski definition) is 0. The van der Waals surface area contributed by atoms with Gasteiger partial charge >= 0.3 is 11.9 Å². The van der Waals surface area contributed by atoms with E-state index in [4.69, 9.17) is 4.74 Å². The van der Waals surface area contributed by atoms with Gasteiger partial charge in [0.1, 0.15) is 16.2 Å². The number of alkyl halides is 2. The van der Waals surface area contributed by atoms with Crippen LogP contribution in [0, 0.1) is 6.92 Å². The smallest absolute Gasteiger partial charge is 0.387 e. The lowest BCUT2D eigenvalue weighted by Crippen LogP contribution is -2.13. The van der Waals surface area contributed by atoms with Crippen molar-refractivity contribution >= 4 is 32.7 Å². The first-order valence-corrected chi connectivity index (χ1v) is 11.0. The number of aromatic nitrogens is 2. The van der Waals surface area contributed by atoms with Gasteiger partial charge in [-0.2, -0.15) is 13.9 Å². The van der Waals surface area contributed by atoms with Crippen LogP contribution in [0.3, 0.4) is 0 Å². The zero-order valence-corrected chi connectivity index (χ0v) is 17.6. The molecule has 1 aromatic carbocycles. The van der Waals surface area contributed by atoms with Gasteiger partial charge in [-0.3, -0.25) is 4.79 Å². The second-order valence-corrected chi connectivity index (χ2v) is 9.00. The van der Waals surface area contributed by atoms with Crippen LogP contribution >= 0.6 is 11.8 Å². The number of ketones is 1. The van der Waals surface area contributed by atoms with E-state index in [1.165, 1.54) is 30.9 Å². The van der Waals surface area contributed by atoms with E-state index >= 15 is 0 Å². The van der Waals surface area contributed by atoms with E-state index in [1.54, 1.807) is 6.92 Å². The predicted molar refractivity (Wildman–Crippen MR) is 102 cm³/mol. The molecule has 1 aromatic heterocycles. The fourth-order valence-electron chi connectivity index (χ4n) is 2.51. The van der Waals surface area contributed by atoms with Gasteiger partial charge in [-0.25, -0.2) is 17.9 Å². The Morgan fingerprint density at radius 2 is 1.93 bits per heavy atom. The Morgan fingerprint density at radius 1 is 1.28 bits per heavy atom. The van der Waals surface area contributed by atoms with Gasteiger partial charge in [-0.1, -0.05) is 6.92 Å². The van der Waals surface area contributed by atoms with Crippen molar-refractivity contribution in [2.75, 3.05) is 12.0 Å². The maximum absolute atomic E-state index is 13.0. The summed E-state index contributed by atoms with van der Waals surface area (Å²) >= 11 is 0.888. The average molecular weight is 448 g/mol. The highest BCUT2D eigenvalue weighted by atomic mass is 32.2. The normalized spacial score (nSPS) is 11.6. The number of halogens is 2. The van der Waals surface area contributed by atoms with Gasteiger partial charge in [-0.05, 0) is 30.8 Å². The molecule has 8 nitrogen and oxygen atoms in total. The molecule has 0 radical (unpaired) electrons. The fraction of sp³-hybridized carbons (Fsp3) is 0.353. The number of sulfone groups is 1. The molecule has 0 unspecified atom stereocenters. The van der Waals surface area contributed by atoms with E-state index in [0.717, 1.165) is 24.1 Å². The van der Waals surface area contributed by atoms with Crippen LogP contribution in [0.4, 0.5) is 13.6 Å². The Morgan fingerprint density at radius 3 is 2.48 bits per heavy atom. The van der Waals surface area contributed by atoms with E-state index in [9.17, 15) is 26.8 Å². The minimum Gasteiger partial charge on any atom is -0.433 e. The van der Waals surface area contributed by atoms with Gasteiger partial charge in [0, 0.05) is 30.2 Å². The summed E-state index contributed by atoms with van der Waals surface area (Å²) in [6.07, 6.45) is 2.00. The second-order valence-electron chi connectivity index (χ2n) is 5.82. The molecule has 0 saturated heterocycles. The van der Waals surface area contributed by atoms with Crippen molar-refractivity contribution in [1.82, 2.24) is 9.78 Å². The molecule has 12 heteroatoms. The van der Waals surface area contributed by atoms with Crippen LogP contribution in [0.5, 0.6) is 11.6 Å². The van der Waals surface area contributed by atoms with Gasteiger partial charge < -0.3 is 9.47 Å². The standard InChI is InChI=1S/C17H18F2N2O6S2/c1-5-28-17(23)27-15-11(8-20-21(15)3)13(22)10-6-7-12(29(4,24)25)14(9(10)2)26-16(18)19/h6-8,16H,5H2,1-4H3. The zero-order chi connectivity index (χ0) is 21.9. The number of aryl methyl sites for hydroxylation is 1. The van der Waals surface area contributed by atoms with Crippen LogP contribution in [-0.4, -0.2) is 47.9 Å². The van der Waals surface area contributed by atoms with E-state index in [1.807, 2.05) is 0 Å². The van der Waals surface area contributed by atoms with Crippen LogP contribution in [0.1, 0.15) is 28.4 Å². The highest BCUT2D eigenvalue weighted by molar-refractivity contribution is 8.13. The largest absolute Gasteiger partial charge is 0.433 e. The molecule has 0 saturated carbocycles. The number of rotatable bonds is 7. The summed E-state index contributed by atoms with van der Waals surface area (Å²) in [5, 5.41) is 3.25.